The number of halogens is 1. The third-order valence-electron chi connectivity index (χ3n) is 2.63. The first-order chi connectivity index (χ1) is 10.5. The maximum absolute atomic E-state index is 11.4. The highest BCUT2D eigenvalue weighted by Gasteiger charge is 2.20. The molecule has 0 heterocycles. The van der Waals surface area contributed by atoms with Crippen molar-refractivity contribution in [3.05, 3.63) is 28.3 Å². The molecule has 7 heteroatoms. The lowest BCUT2D eigenvalue weighted by Crippen LogP contribution is -2.25. The standard InChI is InChI=1S/C15H13ClN2O4/c1-9(15(19)21-3)22-14-12(16)5-10(6-13(14)20-2)4-11(7-17)8-18/h4-6,9H,1-3H3. The molecule has 0 aromatic heterocycles. The number of nitrogens with zero attached hydrogens (tertiary/aromatic N) is 2. The number of hydrogen-bond acceptors (Lipinski definition) is 6. The largest absolute Gasteiger partial charge is 0.493 e. The Morgan fingerprint density at radius 1 is 1.32 bits per heavy atom. The lowest BCUT2D eigenvalue weighted by atomic mass is 10.1. The van der Waals surface area contributed by atoms with E-state index < -0.39 is 12.1 Å². The van der Waals surface area contributed by atoms with E-state index in [0.29, 0.717) is 5.56 Å². The van der Waals surface area contributed by atoms with Crippen LogP contribution < -0.4 is 9.47 Å². The Kier molecular flexibility index (Phi) is 6.25. The molecular weight excluding hydrogens is 308 g/mol. The number of nitriles is 2. The Bertz CT molecular complexity index is 670. The number of methoxy groups -OCH3 is 2. The first-order valence-corrected chi connectivity index (χ1v) is 6.48. The Labute approximate surface area is 133 Å². The quantitative estimate of drug-likeness (QED) is 0.611. The van der Waals surface area contributed by atoms with Crippen LogP contribution in [0, 0.1) is 22.7 Å². The highest BCUT2D eigenvalue weighted by atomic mass is 35.5. The fourth-order valence-electron chi connectivity index (χ4n) is 1.58. The topological polar surface area (TPSA) is 92.3 Å². The number of carbonyl (C=O) groups excluding carboxylic acids is 1. The summed E-state index contributed by atoms with van der Waals surface area (Å²) in [5.74, 6) is -0.113. The maximum atomic E-state index is 11.4. The molecule has 0 saturated carbocycles. The van der Waals surface area contributed by atoms with Gasteiger partial charge in [0.25, 0.3) is 0 Å². The molecule has 0 fully saturated rings. The molecule has 22 heavy (non-hydrogen) atoms. The minimum absolute atomic E-state index is 0.0743. The van der Waals surface area contributed by atoms with Crippen molar-refractivity contribution in [1.29, 1.82) is 10.5 Å². The molecule has 0 aliphatic heterocycles. The SMILES string of the molecule is COC(=O)C(C)Oc1c(Cl)cc(C=C(C#N)C#N)cc1OC. The van der Waals surface area contributed by atoms with Crippen molar-refractivity contribution in [3.63, 3.8) is 0 Å². The first kappa shape index (κ1) is 17.4. The van der Waals surface area contributed by atoms with E-state index in [1.807, 2.05) is 0 Å². The summed E-state index contributed by atoms with van der Waals surface area (Å²) in [5.41, 5.74) is 0.424. The van der Waals surface area contributed by atoms with Crippen LogP contribution in [-0.2, 0) is 9.53 Å². The molecule has 0 aliphatic rings. The van der Waals surface area contributed by atoms with Gasteiger partial charge >= 0.3 is 5.97 Å². The van der Waals surface area contributed by atoms with Crippen LogP contribution in [0.15, 0.2) is 17.7 Å². The zero-order valence-corrected chi connectivity index (χ0v) is 13.0. The second kappa shape index (κ2) is 7.92. The molecular formula is C15H13ClN2O4. The van der Waals surface area contributed by atoms with Gasteiger partial charge in [-0.2, -0.15) is 10.5 Å². The van der Waals surface area contributed by atoms with Crippen LogP contribution in [0.5, 0.6) is 11.5 Å². The van der Waals surface area contributed by atoms with E-state index in [-0.39, 0.29) is 22.1 Å². The Hall–Kier alpha value is -2.70. The lowest BCUT2D eigenvalue weighted by molar-refractivity contribution is -0.147. The second-order valence-electron chi connectivity index (χ2n) is 4.10. The first-order valence-electron chi connectivity index (χ1n) is 6.10. The van der Waals surface area contributed by atoms with E-state index >= 15 is 0 Å². The minimum Gasteiger partial charge on any atom is -0.493 e. The summed E-state index contributed by atoms with van der Waals surface area (Å²) in [7, 11) is 2.66. The Morgan fingerprint density at radius 2 is 1.95 bits per heavy atom. The van der Waals surface area contributed by atoms with Gasteiger partial charge in [-0.15, -0.1) is 0 Å². The Balaban J connectivity index is 3.23. The van der Waals surface area contributed by atoms with Gasteiger partial charge in [0.1, 0.15) is 17.7 Å². The minimum atomic E-state index is -0.869. The molecule has 0 aliphatic carbocycles. The molecule has 0 spiro atoms. The number of hydrogen-bond donors (Lipinski definition) is 0. The fraction of sp³-hybridized carbons (Fsp3) is 0.267. The second-order valence-corrected chi connectivity index (χ2v) is 4.51. The predicted octanol–water partition coefficient (Wildman–Crippen LogP) is 2.72. The summed E-state index contributed by atoms with van der Waals surface area (Å²) >= 11 is 6.12. The monoisotopic (exact) mass is 320 g/mol. The van der Waals surface area contributed by atoms with Gasteiger partial charge in [0, 0.05) is 0 Å². The summed E-state index contributed by atoms with van der Waals surface area (Å²) in [6.45, 7) is 1.51. The number of rotatable bonds is 5. The van der Waals surface area contributed by atoms with Gasteiger partial charge in [0.2, 0.25) is 0 Å². The average molecular weight is 321 g/mol. The number of allylic oxidation sites excluding steroid dienone is 1. The van der Waals surface area contributed by atoms with E-state index in [4.69, 9.17) is 31.6 Å². The van der Waals surface area contributed by atoms with Crippen LogP contribution >= 0.6 is 11.6 Å². The van der Waals surface area contributed by atoms with Crippen molar-refractivity contribution in [2.24, 2.45) is 0 Å². The van der Waals surface area contributed by atoms with Gasteiger partial charge in [0.05, 0.1) is 19.2 Å². The average Bonchev–Trinajstić information content (AvgIpc) is 2.53. The molecule has 0 radical (unpaired) electrons. The summed E-state index contributed by atoms with van der Waals surface area (Å²) in [6.07, 6.45) is 0.494. The van der Waals surface area contributed by atoms with Crippen LogP contribution in [0.3, 0.4) is 0 Å². The fourth-order valence-corrected chi connectivity index (χ4v) is 1.85. The molecule has 1 rings (SSSR count). The summed E-state index contributed by atoms with van der Waals surface area (Å²) in [6, 6.07) is 6.54. The van der Waals surface area contributed by atoms with Crippen molar-refractivity contribution < 1.29 is 19.0 Å². The number of benzene rings is 1. The summed E-state index contributed by atoms with van der Waals surface area (Å²) in [4.78, 5) is 11.4. The molecule has 0 amide bonds. The third kappa shape index (κ3) is 4.15. The van der Waals surface area contributed by atoms with Gasteiger partial charge in [-0.1, -0.05) is 11.6 Å². The molecule has 0 N–H and O–H groups in total. The van der Waals surface area contributed by atoms with Gasteiger partial charge in [0.15, 0.2) is 17.6 Å². The van der Waals surface area contributed by atoms with Gasteiger partial charge in [-0.3, -0.25) is 0 Å². The number of esters is 1. The van der Waals surface area contributed by atoms with Crippen molar-refractivity contribution in [2.45, 2.75) is 13.0 Å². The summed E-state index contributed by atoms with van der Waals surface area (Å²) < 4.78 is 15.2. The normalized spacial score (nSPS) is 10.6. The van der Waals surface area contributed by atoms with Crippen molar-refractivity contribution in [1.82, 2.24) is 0 Å². The number of ether oxygens (including phenoxy) is 3. The predicted molar refractivity (Wildman–Crippen MR) is 79.3 cm³/mol. The zero-order valence-electron chi connectivity index (χ0n) is 12.2. The molecule has 1 aromatic carbocycles. The van der Waals surface area contributed by atoms with Gasteiger partial charge in [-0.05, 0) is 30.7 Å². The van der Waals surface area contributed by atoms with Crippen molar-refractivity contribution in [3.8, 4) is 23.6 Å². The molecule has 1 unspecified atom stereocenters. The number of carbonyl (C=O) groups is 1. The highest BCUT2D eigenvalue weighted by Crippen LogP contribution is 2.37. The van der Waals surface area contributed by atoms with Crippen LogP contribution in [-0.4, -0.2) is 26.3 Å². The highest BCUT2D eigenvalue weighted by molar-refractivity contribution is 6.32. The lowest BCUT2D eigenvalue weighted by Gasteiger charge is -2.17. The van der Waals surface area contributed by atoms with Crippen molar-refractivity contribution in [2.75, 3.05) is 14.2 Å². The van der Waals surface area contributed by atoms with E-state index in [1.165, 1.54) is 33.3 Å². The van der Waals surface area contributed by atoms with Gasteiger partial charge in [-0.25, -0.2) is 4.79 Å². The van der Waals surface area contributed by atoms with Crippen LogP contribution in [0.1, 0.15) is 12.5 Å². The molecule has 114 valence electrons. The van der Waals surface area contributed by atoms with E-state index in [0.717, 1.165) is 0 Å². The van der Waals surface area contributed by atoms with Crippen LogP contribution in [0.4, 0.5) is 0 Å². The van der Waals surface area contributed by atoms with Crippen molar-refractivity contribution >= 4 is 23.6 Å². The summed E-state index contributed by atoms with van der Waals surface area (Å²) in [5, 5.41) is 17.7. The maximum Gasteiger partial charge on any atom is 0.346 e. The molecule has 1 atom stereocenters. The van der Waals surface area contributed by atoms with E-state index in [9.17, 15) is 4.79 Å². The molecule has 1 aromatic rings. The van der Waals surface area contributed by atoms with E-state index in [2.05, 4.69) is 4.74 Å². The smallest absolute Gasteiger partial charge is 0.346 e. The van der Waals surface area contributed by atoms with Crippen LogP contribution in [0.2, 0.25) is 5.02 Å². The Morgan fingerprint density at radius 3 is 2.45 bits per heavy atom. The van der Waals surface area contributed by atoms with E-state index in [1.54, 1.807) is 18.2 Å². The molecule has 6 nitrogen and oxygen atoms in total. The van der Waals surface area contributed by atoms with Gasteiger partial charge < -0.3 is 14.2 Å². The zero-order chi connectivity index (χ0) is 16.7. The third-order valence-corrected chi connectivity index (χ3v) is 2.91. The molecule has 0 saturated heterocycles. The molecule has 0 bridgehead atoms. The van der Waals surface area contributed by atoms with Crippen LogP contribution in [0.25, 0.3) is 6.08 Å².